The lowest BCUT2D eigenvalue weighted by atomic mass is 10.1. The lowest BCUT2D eigenvalue weighted by Gasteiger charge is -2.21. The largest absolute Gasteiger partial charge is 0.478 e. The maximum absolute atomic E-state index is 11.2. The third-order valence-electron chi connectivity index (χ3n) is 3.73. The minimum absolute atomic E-state index is 0.148. The zero-order valence-electron chi connectivity index (χ0n) is 11.4. The first kappa shape index (κ1) is 14.8. The Morgan fingerprint density at radius 3 is 2.62 bits per heavy atom. The highest BCUT2D eigenvalue weighted by molar-refractivity contribution is 5.91. The Kier molecular flexibility index (Phi) is 3.79. The third-order valence-corrected chi connectivity index (χ3v) is 3.73. The van der Waals surface area contributed by atoms with Crippen LogP contribution in [0, 0.1) is 23.0 Å². The lowest BCUT2D eigenvalue weighted by Crippen LogP contribution is -2.27. The number of nitrogens with two attached hydrogens (primary N) is 1. The molecule has 21 heavy (non-hydrogen) atoms. The summed E-state index contributed by atoms with van der Waals surface area (Å²) in [6.45, 7) is 2.42. The number of benzene rings is 1. The molecule has 1 aromatic carbocycles. The van der Waals surface area contributed by atoms with E-state index in [1.54, 1.807) is 11.8 Å². The smallest absolute Gasteiger partial charge is 0.336 e. The van der Waals surface area contributed by atoms with E-state index in [-0.39, 0.29) is 17.2 Å². The summed E-state index contributed by atoms with van der Waals surface area (Å²) < 4.78 is 0. The van der Waals surface area contributed by atoms with Gasteiger partial charge in [0.05, 0.1) is 22.0 Å². The van der Waals surface area contributed by atoms with Gasteiger partial charge < -0.3 is 15.7 Å². The number of rotatable bonds is 4. The molecule has 1 aliphatic rings. The first-order valence-corrected chi connectivity index (χ1v) is 6.38. The maximum atomic E-state index is 11.2. The number of carbonyl (C=O) groups is 2. The third kappa shape index (κ3) is 2.78. The molecular weight excluding hydrogens is 278 g/mol. The number of carboxylic acids is 1. The Morgan fingerprint density at radius 1 is 1.48 bits per heavy atom. The fourth-order valence-corrected chi connectivity index (χ4v) is 2.54. The number of nitro groups is 1. The van der Waals surface area contributed by atoms with Gasteiger partial charge >= 0.3 is 5.97 Å². The van der Waals surface area contributed by atoms with E-state index in [2.05, 4.69) is 0 Å². The summed E-state index contributed by atoms with van der Waals surface area (Å²) in [6, 6.07) is 2.44. The van der Waals surface area contributed by atoms with Gasteiger partial charge in [-0.25, -0.2) is 4.79 Å². The normalized spacial score (nSPS) is 17.8. The summed E-state index contributed by atoms with van der Waals surface area (Å²) in [4.78, 5) is 34.5. The number of anilines is 1. The first-order chi connectivity index (χ1) is 9.81. The molecule has 1 aliphatic heterocycles. The van der Waals surface area contributed by atoms with Gasteiger partial charge in [0.2, 0.25) is 5.91 Å². The van der Waals surface area contributed by atoms with E-state index in [1.165, 1.54) is 6.07 Å². The highest BCUT2D eigenvalue weighted by Gasteiger charge is 2.30. The van der Waals surface area contributed by atoms with Crippen molar-refractivity contribution in [1.82, 2.24) is 0 Å². The van der Waals surface area contributed by atoms with Crippen molar-refractivity contribution < 1.29 is 19.6 Å². The van der Waals surface area contributed by atoms with Crippen LogP contribution >= 0.6 is 0 Å². The van der Waals surface area contributed by atoms with Crippen LogP contribution < -0.4 is 10.6 Å². The van der Waals surface area contributed by atoms with E-state index >= 15 is 0 Å². The van der Waals surface area contributed by atoms with Crippen LogP contribution in [-0.2, 0) is 4.79 Å². The minimum atomic E-state index is -1.23. The zero-order valence-corrected chi connectivity index (χ0v) is 11.4. The molecule has 8 nitrogen and oxygen atoms in total. The van der Waals surface area contributed by atoms with E-state index < -0.39 is 16.8 Å². The molecule has 0 saturated carbocycles. The molecule has 1 atom stereocenters. The number of nitro benzene ring substituents is 1. The van der Waals surface area contributed by atoms with Gasteiger partial charge in [0.15, 0.2) is 0 Å². The first-order valence-electron chi connectivity index (χ1n) is 6.38. The molecule has 1 unspecified atom stereocenters. The number of nitrogens with zero attached hydrogens (tertiary/aromatic N) is 2. The lowest BCUT2D eigenvalue weighted by molar-refractivity contribution is -0.385. The Bertz CT molecular complexity index is 628. The molecule has 0 spiro atoms. The van der Waals surface area contributed by atoms with Crippen LogP contribution in [0.1, 0.15) is 22.3 Å². The Hall–Kier alpha value is -2.64. The van der Waals surface area contributed by atoms with Crippen molar-refractivity contribution in [2.45, 2.75) is 13.3 Å². The van der Waals surface area contributed by atoms with Crippen LogP contribution in [0.4, 0.5) is 11.4 Å². The Labute approximate surface area is 120 Å². The summed E-state index contributed by atoms with van der Waals surface area (Å²) in [6.07, 6.45) is 0.555. The second-order valence-electron chi connectivity index (χ2n) is 5.04. The molecule has 1 saturated heterocycles. The topological polar surface area (TPSA) is 127 Å². The molecular formula is C13H15N3O5. The Balaban J connectivity index is 2.46. The fraction of sp³-hybridized carbons (Fsp3) is 0.385. The van der Waals surface area contributed by atoms with Gasteiger partial charge in [0.1, 0.15) is 0 Å². The number of carbonyl (C=O) groups excluding carboxylic acids is 1. The number of aromatic carboxylic acids is 1. The summed E-state index contributed by atoms with van der Waals surface area (Å²) in [7, 11) is 0. The van der Waals surface area contributed by atoms with Crippen LogP contribution in [0.2, 0.25) is 0 Å². The molecule has 3 N–H and O–H groups in total. The number of amides is 1. The monoisotopic (exact) mass is 293 g/mol. The molecule has 0 bridgehead atoms. The van der Waals surface area contributed by atoms with E-state index in [0.29, 0.717) is 30.8 Å². The van der Waals surface area contributed by atoms with Crippen molar-refractivity contribution in [1.29, 1.82) is 0 Å². The Morgan fingerprint density at radius 2 is 2.14 bits per heavy atom. The quantitative estimate of drug-likeness (QED) is 0.627. The molecule has 0 radical (unpaired) electrons. The van der Waals surface area contributed by atoms with Crippen LogP contribution in [0.3, 0.4) is 0 Å². The van der Waals surface area contributed by atoms with E-state index in [0.717, 1.165) is 6.07 Å². The van der Waals surface area contributed by atoms with Gasteiger partial charge in [-0.1, -0.05) is 0 Å². The van der Waals surface area contributed by atoms with Crippen molar-refractivity contribution in [3.05, 3.63) is 33.4 Å². The predicted molar refractivity (Wildman–Crippen MR) is 74.3 cm³/mol. The highest BCUT2D eigenvalue weighted by atomic mass is 16.6. The summed E-state index contributed by atoms with van der Waals surface area (Å²) in [5, 5.41) is 20.1. The van der Waals surface area contributed by atoms with E-state index in [4.69, 9.17) is 10.8 Å². The van der Waals surface area contributed by atoms with Gasteiger partial charge in [-0.05, 0) is 19.4 Å². The molecule has 2 rings (SSSR count). The van der Waals surface area contributed by atoms with Crippen molar-refractivity contribution in [3.8, 4) is 0 Å². The average molecular weight is 293 g/mol. The molecule has 1 aromatic rings. The van der Waals surface area contributed by atoms with Crippen molar-refractivity contribution in [2.75, 3.05) is 18.0 Å². The predicted octanol–water partition coefficient (Wildman–Crippen LogP) is 0.913. The zero-order chi connectivity index (χ0) is 15.7. The number of hydrogen-bond acceptors (Lipinski definition) is 5. The average Bonchev–Trinajstić information content (AvgIpc) is 2.87. The highest BCUT2D eigenvalue weighted by Crippen LogP contribution is 2.33. The second-order valence-corrected chi connectivity index (χ2v) is 5.04. The van der Waals surface area contributed by atoms with Crippen LogP contribution in [0.5, 0.6) is 0 Å². The standard InChI is InChI=1S/C13H15N3O5/c1-7-10(15-3-2-8(6-15)12(14)17)4-9(13(18)19)5-11(7)16(20)21/h4-5,8H,2-3,6H2,1H3,(H2,14,17)(H,18,19). The number of carboxylic acid groups (broad SMARTS) is 1. The molecule has 1 heterocycles. The van der Waals surface area contributed by atoms with Gasteiger partial charge in [0, 0.05) is 24.8 Å². The van der Waals surface area contributed by atoms with Crippen molar-refractivity contribution >= 4 is 23.3 Å². The SMILES string of the molecule is Cc1c(N2CCC(C(N)=O)C2)cc(C(=O)O)cc1[N+](=O)[O-]. The van der Waals surface area contributed by atoms with Gasteiger partial charge in [-0.2, -0.15) is 0 Å². The number of primary amides is 1. The van der Waals surface area contributed by atoms with Crippen molar-refractivity contribution in [2.24, 2.45) is 11.7 Å². The van der Waals surface area contributed by atoms with E-state index in [9.17, 15) is 19.7 Å². The van der Waals surface area contributed by atoms with Gasteiger partial charge in [-0.3, -0.25) is 14.9 Å². The molecule has 112 valence electrons. The van der Waals surface area contributed by atoms with Crippen LogP contribution in [0.15, 0.2) is 12.1 Å². The molecule has 1 amide bonds. The fourth-order valence-electron chi connectivity index (χ4n) is 2.54. The molecule has 0 aromatic heterocycles. The van der Waals surface area contributed by atoms with Gasteiger partial charge in [-0.15, -0.1) is 0 Å². The number of hydrogen-bond donors (Lipinski definition) is 2. The van der Waals surface area contributed by atoms with Crippen LogP contribution in [0.25, 0.3) is 0 Å². The van der Waals surface area contributed by atoms with Gasteiger partial charge in [0.25, 0.3) is 5.69 Å². The van der Waals surface area contributed by atoms with Crippen LogP contribution in [-0.4, -0.2) is 35.0 Å². The maximum Gasteiger partial charge on any atom is 0.336 e. The van der Waals surface area contributed by atoms with Crippen molar-refractivity contribution in [3.63, 3.8) is 0 Å². The summed E-state index contributed by atoms with van der Waals surface area (Å²) in [5.41, 5.74) is 5.72. The van der Waals surface area contributed by atoms with E-state index in [1.807, 2.05) is 0 Å². The molecule has 0 aliphatic carbocycles. The molecule has 8 heteroatoms. The molecule has 1 fully saturated rings. The summed E-state index contributed by atoms with van der Waals surface area (Å²) >= 11 is 0. The summed E-state index contributed by atoms with van der Waals surface area (Å²) in [5.74, 6) is -1.97. The minimum Gasteiger partial charge on any atom is -0.478 e. The second kappa shape index (κ2) is 5.39.